The van der Waals surface area contributed by atoms with Crippen molar-refractivity contribution >= 4 is 10.9 Å². The highest BCUT2D eigenvalue weighted by Crippen LogP contribution is 2.33. The highest BCUT2D eigenvalue weighted by Gasteiger charge is 2.25. The molecule has 0 bridgehead atoms. The van der Waals surface area contributed by atoms with Gasteiger partial charge in [-0.05, 0) is 37.5 Å². The Morgan fingerprint density at radius 3 is 2.91 bits per heavy atom. The van der Waals surface area contributed by atoms with E-state index in [4.69, 9.17) is 14.0 Å². The van der Waals surface area contributed by atoms with E-state index >= 15 is 0 Å². The minimum Gasteiger partial charge on any atom is -0.480 e. The lowest BCUT2D eigenvalue weighted by Gasteiger charge is -2.07. The zero-order chi connectivity index (χ0) is 15.8. The van der Waals surface area contributed by atoms with Gasteiger partial charge in [-0.3, -0.25) is 0 Å². The monoisotopic (exact) mass is 311 g/mol. The first-order valence-electron chi connectivity index (χ1n) is 7.65. The van der Waals surface area contributed by atoms with Gasteiger partial charge in [-0.25, -0.2) is 4.98 Å². The van der Waals surface area contributed by atoms with Crippen LogP contribution < -0.4 is 4.74 Å². The minimum absolute atomic E-state index is 0.0988. The van der Waals surface area contributed by atoms with E-state index in [1.807, 2.05) is 31.2 Å². The molecular formula is C17H17N3O3. The van der Waals surface area contributed by atoms with Gasteiger partial charge in [-0.15, -0.1) is 0 Å². The van der Waals surface area contributed by atoms with Gasteiger partial charge in [0.05, 0.1) is 18.2 Å². The van der Waals surface area contributed by atoms with Crippen LogP contribution in [0.5, 0.6) is 5.88 Å². The SMILES string of the molecule is COc1nc2cc(C)ccc2cc1-c1noc([C@@H]2CCCO2)n1. The van der Waals surface area contributed by atoms with E-state index in [1.54, 1.807) is 7.11 Å². The van der Waals surface area contributed by atoms with Gasteiger partial charge in [0.2, 0.25) is 11.7 Å². The fourth-order valence-electron chi connectivity index (χ4n) is 2.82. The van der Waals surface area contributed by atoms with Gasteiger partial charge in [-0.2, -0.15) is 4.98 Å². The Labute approximate surface area is 133 Å². The fourth-order valence-corrected chi connectivity index (χ4v) is 2.82. The highest BCUT2D eigenvalue weighted by molar-refractivity contribution is 5.85. The Bertz CT molecular complexity index is 853. The fraction of sp³-hybridized carbons (Fsp3) is 0.353. The van der Waals surface area contributed by atoms with Gasteiger partial charge in [0.15, 0.2) is 0 Å². The second kappa shape index (κ2) is 5.62. The Morgan fingerprint density at radius 1 is 1.22 bits per heavy atom. The van der Waals surface area contributed by atoms with Crippen molar-refractivity contribution in [3.63, 3.8) is 0 Å². The summed E-state index contributed by atoms with van der Waals surface area (Å²) < 4.78 is 16.4. The minimum atomic E-state index is -0.0988. The number of nitrogens with zero attached hydrogens (tertiary/aromatic N) is 3. The largest absolute Gasteiger partial charge is 0.480 e. The van der Waals surface area contributed by atoms with E-state index in [2.05, 4.69) is 15.1 Å². The van der Waals surface area contributed by atoms with Crippen molar-refractivity contribution in [2.24, 2.45) is 0 Å². The maximum atomic E-state index is 5.59. The summed E-state index contributed by atoms with van der Waals surface area (Å²) in [5, 5.41) is 5.09. The molecular weight excluding hydrogens is 294 g/mol. The highest BCUT2D eigenvalue weighted by atomic mass is 16.5. The average molecular weight is 311 g/mol. The molecule has 0 N–H and O–H groups in total. The first kappa shape index (κ1) is 14.1. The van der Waals surface area contributed by atoms with Crippen LogP contribution in [-0.4, -0.2) is 28.8 Å². The molecule has 6 nitrogen and oxygen atoms in total. The van der Waals surface area contributed by atoms with Crippen molar-refractivity contribution in [1.29, 1.82) is 0 Å². The maximum absolute atomic E-state index is 5.59. The average Bonchev–Trinajstić information content (AvgIpc) is 3.24. The number of fused-ring (bicyclic) bond motifs is 1. The molecule has 0 radical (unpaired) electrons. The number of methoxy groups -OCH3 is 1. The quantitative estimate of drug-likeness (QED) is 0.738. The lowest BCUT2D eigenvalue weighted by molar-refractivity contribution is 0.0835. The van der Waals surface area contributed by atoms with Gasteiger partial charge in [-0.1, -0.05) is 17.3 Å². The second-order valence-corrected chi connectivity index (χ2v) is 5.70. The molecule has 6 heteroatoms. The van der Waals surface area contributed by atoms with E-state index in [9.17, 15) is 0 Å². The summed E-state index contributed by atoms with van der Waals surface area (Å²) >= 11 is 0. The van der Waals surface area contributed by atoms with Crippen molar-refractivity contribution in [1.82, 2.24) is 15.1 Å². The third-order valence-corrected chi connectivity index (χ3v) is 4.02. The maximum Gasteiger partial charge on any atom is 0.256 e. The molecule has 0 saturated carbocycles. The van der Waals surface area contributed by atoms with Gasteiger partial charge in [0.1, 0.15) is 6.10 Å². The molecule has 1 aromatic carbocycles. The summed E-state index contributed by atoms with van der Waals surface area (Å²) in [5.74, 6) is 1.48. The van der Waals surface area contributed by atoms with Crippen LogP contribution in [0.15, 0.2) is 28.8 Å². The number of ether oxygens (including phenoxy) is 2. The third-order valence-electron chi connectivity index (χ3n) is 4.02. The van der Waals surface area contributed by atoms with Crippen molar-refractivity contribution in [2.45, 2.75) is 25.9 Å². The summed E-state index contributed by atoms with van der Waals surface area (Å²) in [4.78, 5) is 9.04. The Kier molecular flexibility index (Phi) is 3.46. The smallest absolute Gasteiger partial charge is 0.256 e. The van der Waals surface area contributed by atoms with Crippen LogP contribution in [0.25, 0.3) is 22.3 Å². The zero-order valence-corrected chi connectivity index (χ0v) is 13.1. The molecule has 1 aliphatic heterocycles. The zero-order valence-electron chi connectivity index (χ0n) is 13.1. The summed E-state index contributed by atoms with van der Waals surface area (Å²) in [6, 6.07) is 8.08. The molecule has 1 fully saturated rings. The Morgan fingerprint density at radius 2 is 2.13 bits per heavy atom. The van der Waals surface area contributed by atoms with Crippen LogP contribution in [0.2, 0.25) is 0 Å². The number of aryl methyl sites for hydroxylation is 1. The molecule has 4 rings (SSSR count). The lowest BCUT2D eigenvalue weighted by atomic mass is 10.1. The molecule has 0 aliphatic carbocycles. The Hall–Kier alpha value is -2.47. The van der Waals surface area contributed by atoms with Gasteiger partial charge < -0.3 is 14.0 Å². The molecule has 1 saturated heterocycles. The van der Waals surface area contributed by atoms with E-state index in [-0.39, 0.29) is 6.10 Å². The summed E-state index contributed by atoms with van der Waals surface area (Å²) in [5.41, 5.74) is 2.75. The number of hydrogen-bond donors (Lipinski definition) is 0. The number of rotatable bonds is 3. The third kappa shape index (κ3) is 2.55. The summed E-state index contributed by atoms with van der Waals surface area (Å²) in [6.07, 6.45) is 1.83. The normalized spacial score (nSPS) is 17.7. The van der Waals surface area contributed by atoms with E-state index in [1.165, 1.54) is 0 Å². The summed E-state index contributed by atoms with van der Waals surface area (Å²) in [7, 11) is 1.59. The second-order valence-electron chi connectivity index (χ2n) is 5.70. The molecule has 1 aliphatic rings. The number of pyridine rings is 1. The molecule has 0 unspecified atom stereocenters. The van der Waals surface area contributed by atoms with Crippen molar-refractivity contribution in [2.75, 3.05) is 13.7 Å². The van der Waals surface area contributed by atoms with Crippen LogP contribution in [-0.2, 0) is 4.74 Å². The predicted molar refractivity (Wildman–Crippen MR) is 84.3 cm³/mol. The van der Waals surface area contributed by atoms with Crippen LogP contribution in [0.1, 0.15) is 30.4 Å². The van der Waals surface area contributed by atoms with Crippen molar-refractivity contribution < 1.29 is 14.0 Å². The number of aromatic nitrogens is 3. The van der Waals surface area contributed by atoms with E-state index < -0.39 is 0 Å². The molecule has 3 heterocycles. The van der Waals surface area contributed by atoms with Crippen LogP contribution in [0, 0.1) is 6.92 Å². The molecule has 2 aromatic heterocycles. The number of hydrogen-bond acceptors (Lipinski definition) is 6. The van der Waals surface area contributed by atoms with E-state index in [0.717, 1.165) is 41.5 Å². The molecule has 0 amide bonds. The Balaban J connectivity index is 1.79. The molecule has 1 atom stereocenters. The molecule has 118 valence electrons. The van der Waals surface area contributed by atoms with Gasteiger partial charge in [0.25, 0.3) is 5.89 Å². The molecule has 3 aromatic rings. The first-order chi connectivity index (χ1) is 11.2. The van der Waals surface area contributed by atoms with Crippen molar-refractivity contribution in [3.8, 4) is 17.3 Å². The molecule has 23 heavy (non-hydrogen) atoms. The predicted octanol–water partition coefficient (Wildman–Crippen LogP) is 3.45. The van der Waals surface area contributed by atoms with Crippen LogP contribution in [0.3, 0.4) is 0 Å². The van der Waals surface area contributed by atoms with Crippen LogP contribution >= 0.6 is 0 Å². The molecule has 0 spiro atoms. The van der Waals surface area contributed by atoms with Gasteiger partial charge >= 0.3 is 0 Å². The van der Waals surface area contributed by atoms with E-state index in [0.29, 0.717) is 17.6 Å². The first-order valence-corrected chi connectivity index (χ1v) is 7.65. The standard InChI is InChI=1S/C17H17N3O3/c1-10-5-6-11-9-12(16(21-2)18-13(11)8-10)15-19-17(23-20-15)14-4-3-7-22-14/h5-6,8-9,14H,3-4,7H2,1-2H3/t14-/m0/s1. The lowest BCUT2D eigenvalue weighted by Crippen LogP contribution is -1.97. The topological polar surface area (TPSA) is 70.3 Å². The number of benzene rings is 1. The summed E-state index contributed by atoms with van der Waals surface area (Å²) in [6.45, 7) is 2.77. The van der Waals surface area contributed by atoms with Crippen LogP contribution in [0.4, 0.5) is 0 Å². The van der Waals surface area contributed by atoms with Crippen molar-refractivity contribution in [3.05, 3.63) is 35.7 Å². The van der Waals surface area contributed by atoms with Gasteiger partial charge in [0, 0.05) is 12.0 Å².